The van der Waals surface area contributed by atoms with Crippen LogP contribution in [0, 0.1) is 5.82 Å². The van der Waals surface area contributed by atoms with Crippen molar-refractivity contribution in [3.63, 3.8) is 0 Å². The molecule has 1 aromatic heterocycles. The summed E-state index contributed by atoms with van der Waals surface area (Å²) in [5, 5.41) is 6.51. The van der Waals surface area contributed by atoms with Gasteiger partial charge in [-0.05, 0) is 42.5 Å². The second kappa shape index (κ2) is 7.61. The van der Waals surface area contributed by atoms with Gasteiger partial charge in [0, 0.05) is 11.8 Å². The molecule has 136 valence electrons. The third-order valence-electron chi connectivity index (χ3n) is 3.70. The SMILES string of the molecule is COC(=O)c1ccccc1NC(=O)c1ccn(C(=O)c2ccc(F)cc2)n1. The fourth-order valence-corrected chi connectivity index (χ4v) is 2.35. The summed E-state index contributed by atoms with van der Waals surface area (Å²) in [5.41, 5.74) is 0.650. The van der Waals surface area contributed by atoms with E-state index in [1.54, 1.807) is 18.2 Å². The van der Waals surface area contributed by atoms with Gasteiger partial charge in [0.2, 0.25) is 0 Å². The number of anilines is 1. The van der Waals surface area contributed by atoms with Crippen LogP contribution in [0.25, 0.3) is 0 Å². The molecule has 0 aliphatic carbocycles. The van der Waals surface area contributed by atoms with Crippen LogP contribution in [0.1, 0.15) is 31.2 Å². The maximum Gasteiger partial charge on any atom is 0.339 e. The number of hydrogen-bond donors (Lipinski definition) is 1. The van der Waals surface area contributed by atoms with E-state index >= 15 is 0 Å². The Bertz CT molecular complexity index is 1010. The largest absolute Gasteiger partial charge is 0.465 e. The van der Waals surface area contributed by atoms with Gasteiger partial charge in [-0.15, -0.1) is 0 Å². The molecule has 0 fully saturated rings. The first kappa shape index (κ1) is 18.0. The summed E-state index contributed by atoms with van der Waals surface area (Å²) in [6.07, 6.45) is 1.33. The standard InChI is InChI=1S/C19H14FN3O4/c1-27-19(26)14-4-2-3-5-15(14)21-17(24)16-10-11-23(22-16)18(25)12-6-8-13(20)9-7-12/h2-11H,1H3,(H,21,24). The Hall–Kier alpha value is -3.81. The van der Waals surface area contributed by atoms with Crippen LogP contribution in [0.2, 0.25) is 0 Å². The number of hydrogen-bond acceptors (Lipinski definition) is 5. The van der Waals surface area contributed by atoms with Gasteiger partial charge >= 0.3 is 5.97 Å². The van der Waals surface area contributed by atoms with Crippen LogP contribution >= 0.6 is 0 Å². The van der Waals surface area contributed by atoms with Gasteiger partial charge in [0.05, 0.1) is 18.4 Å². The number of nitrogens with one attached hydrogen (secondary N) is 1. The maximum absolute atomic E-state index is 13.0. The summed E-state index contributed by atoms with van der Waals surface area (Å²) in [7, 11) is 1.24. The minimum absolute atomic E-state index is 0.0230. The lowest BCUT2D eigenvalue weighted by molar-refractivity contribution is 0.0601. The average Bonchev–Trinajstić information content (AvgIpc) is 3.18. The molecule has 0 spiro atoms. The van der Waals surface area contributed by atoms with Gasteiger partial charge in [0.15, 0.2) is 5.69 Å². The number of para-hydroxylation sites is 1. The summed E-state index contributed by atoms with van der Waals surface area (Å²) in [5.74, 6) is -2.17. The fourth-order valence-electron chi connectivity index (χ4n) is 2.35. The summed E-state index contributed by atoms with van der Waals surface area (Å²) in [6.45, 7) is 0. The predicted molar refractivity (Wildman–Crippen MR) is 94.1 cm³/mol. The van der Waals surface area contributed by atoms with Crippen LogP contribution in [-0.2, 0) is 4.74 Å². The Labute approximate surface area is 153 Å². The molecule has 7 nitrogen and oxygen atoms in total. The Morgan fingerprint density at radius 2 is 1.74 bits per heavy atom. The molecule has 3 rings (SSSR count). The van der Waals surface area contributed by atoms with Crippen LogP contribution in [0.4, 0.5) is 10.1 Å². The van der Waals surface area contributed by atoms with Gasteiger partial charge in [0.25, 0.3) is 11.8 Å². The molecule has 1 amide bonds. The molecule has 2 aromatic carbocycles. The van der Waals surface area contributed by atoms with E-state index in [4.69, 9.17) is 0 Å². The molecule has 0 atom stereocenters. The number of esters is 1. The topological polar surface area (TPSA) is 90.3 Å². The van der Waals surface area contributed by atoms with Crippen molar-refractivity contribution in [1.82, 2.24) is 9.78 Å². The van der Waals surface area contributed by atoms with Crippen molar-refractivity contribution in [3.8, 4) is 0 Å². The van der Waals surface area contributed by atoms with Gasteiger partial charge in [-0.2, -0.15) is 5.10 Å². The smallest absolute Gasteiger partial charge is 0.339 e. The number of rotatable bonds is 4. The molecule has 0 aliphatic heterocycles. The Balaban J connectivity index is 1.79. The van der Waals surface area contributed by atoms with Crippen LogP contribution < -0.4 is 5.32 Å². The number of benzene rings is 2. The van der Waals surface area contributed by atoms with Gasteiger partial charge < -0.3 is 10.1 Å². The number of aromatic nitrogens is 2. The van der Waals surface area contributed by atoms with Crippen molar-refractivity contribution in [2.45, 2.75) is 0 Å². The van der Waals surface area contributed by atoms with Gasteiger partial charge in [-0.3, -0.25) is 9.59 Å². The van der Waals surface area contributed by atoms with E-state index in [9.17, 15) is 18.8 Å². The van der Waals surface area contributed by atoms with Crippen molar-refractivity contribution in [2.75, 3.05) is 12.4 Å². The first-order valence-corrected chi connectivity index (χ1v) is 7.84. The third-order valence-corrected chi connectivity index (χ3v) is 3.70. The van der Waals surface area contributed by atoms with Gasteiger partial charge in [-0.25, -0.2) is 13.9 Å². The quantitative estimate of drug-likeness (QED) is 0.716. The zero-order chi connectivity index (χ0) is 19.4. The second-order valence-corrected chi connectivity index (χ2v) is 5.45. The lowest BCUT2D eigenvalue weighted by atomic mass is 10.1. The van der Waals surface area contributed by atoms with E-state index in [-0.39, 0.29) is 22.5 Å². The van der Waals surface area contributed by atoms with Crippen molar-refractivity contribution < 1.29 is 23.5 Å². The molecule has 0 saturated heterocycles. The molecular formula is C19H14FN3O4. The number of nitrogens with zero attached hydrogens (tertiary/aromatic N) is 2. The molecular weight excluding hydrogens is 353 g/mol. The molecule has 27 heavy (non-hydrogen) atoms. The molecule has 0 saturated carbocycles. The van der Waals surface area contributed by atoms with E-state index < -0.39 is 23.6 Å². The summed E-state index contributed by atoms with van der Waals surface area (Å²) >= 11 is 0. The first-order chi connectivity index (χ1) is 13.0. The highest BCUT2D eigenvalue weighted by Crippen LogP contribution is 2.17. The van der Waals surface area contributed by atoms with Gasteiger partial charge in [-0.1, -0.05) is 12.1 Å². The minimum atomic E-state index is -0.600. The van der Waals surface area contributed by atoms with Crippen LogP contribution in [0.3, 0.4) is 0 Å². The number of ether oxygens (including phenoxy) is 1. The lowest BCUT2D eigenvalue weighted by Crippen LogP contribution is -2.18. The average molecular weight is 367 g/mol. The number of halogens is 1. The fraction of sp³-hybridized carbons (Fsp3) is 0.0526. The maximum atomic E-state index is 13.0. The molecule has 0 radical (unpaired) electrons. The minimum Gasteiger partial charge on any atom is -0.465 e. The summed E-state index contributed by atoms with van der Waals surface area (Å²) in [4.78, 5) is 36.5. The van der Waals surface area contributed by atoms with E-state index in [1.807, 2.05) is 0 Å². The molecule has 1 N–H and O–H groups in total. The predicted octanol–water partition coefficient (Wildman–Crippen LogP) is 2.75. The lowest BCUT2D eigenvalue weighted by Gasteiger charge is -2.08. The van der Waals surface area contributed by atoms with Crippen molar-refractivity contribution in [1.29, 1.82) is 0 Å². The van der Waals surface area contributed by atoms with E-state index in [2.05, 4.69) is 15.2 Å². The highest BCUT2D eigenvalue weighted by molar-refractivity contribution is 6.07. The van der Waals surface area contributed by atoms with E-state index in [1.165, 1.54) is 37.6 Å². The molecule has 0 bridgehead atoms. The Morgan fingerprint density at radius 3 is 2.44 bits per heavy atom. The number of carbonyl (C=O) groups is 3. The normalized spacial score (nSPS) is 10.3. The van der Waals surface area contributed by atoms with E-state index in [0.717, 1.165) is 16.8 Å². The zero-order valence-electron chi connectivity index (χ0n) is 14.2. The van der Waals surface area contributed by atoms with Crippen molar-refractivity contribution >= 4 is 23.5 Å². The molecule has 3 aromatic rings. The molecule has 8 heteroatoms. The highest BCUT2D eigenvalue weighted by Gasteiger charge is 2.17. The van der Waals surface area contributed by atoms with E-state index in [0.29, 0.717) is 0 Å². The molecule has 0 unspecified atom stereocenters. The number of carbonyl (C=O) groups excluding carboxylic acids is 3. The Morgan fingerprint density at radius 1 is 1.04 bits per heavy atom. The monoisotopic (exact) mass is 367 g/mol. The highest BCUT2D eigenvalue weighted by atomic mass is 19.1. The van der Waals surface area contributed by atoms with Crippen molar-refractivity contribution in [3.05, 3.63) is 83.4 Å². The molecule has 0 aliphatic rings. The first-order valence-electron chi connectivity index (χ1n) is 7.84. The number of amides is 1. The van der Waals surface area contributed by atoms with Crippen molar-refractivity contribution in [2.24, 2.45) is 0 Å². The summed E-state index contributed by atoms with van der Waals surface area (Å²) in [6, 6.07) is 12.7. The second-order valence-electron chi connectivity index (χ2n) is 5.45. The van der Waals surface area contributed by atoms with Gasteiger partial charge in [0.1, 0.15) is 5.82 Å². The van der Waals surface area contributed by atoms with Crippen LogP contribution in [0.5, 0.6) is 0 Å². The zero-order valence-corrected chi connectivity index (χ0v) is 14.2. The van der Waals surface area contributed by atoms with Crippen LogP contribution in [-0.4, -0.2) is 34.7 Å². The van der Waals surface area contributed by atoms with Crippen LogP contribution in [0.15, 0.2) is 60.8 Å². The third kappa shape index (κ3) is 3.90. The number of methoxy groups -OCH3 is 1. The summed E-state index contributed by atoms with van der Waals surface area (Å²) < 4.78 is 18.6. The Kier molecular flexibility index (Phi) is 5.07. The molecule has 1 heterocycles.